The van der Waals surface area contributed by atoms with Crippen LogP contribution in [0.3, 0.4) is 0 Å². The lowest BCUT2D eigenvalue weighted by atomic mass is 10.0. The van der Waals surface area contributed by atoms with Crippen LogP contribution in [0.25, 0.3) is 0 Å². The fraction of sp³-hybridized carbons (Fsp3) is 0.185. The van der Waals surface area contributed by atoms with Gasteiger partial charge in [0.25, 0.3) is 10.1 Å². The molecule has 0 bridgehead atoms. The predicted molar refractivity (Wildman–Crippen MR) is 143 cm³/mol. The van der Waals surface area contributed by atoms with Crippen LogP contribution >= 0.6 is 11.8 Å². The lowest BCUT2D eigenvalue weighted by Gasteiger charge is -2.47. The van der Waals surface area contributed by atoms with Crippen molar-refractivity contribution in [3.8, 4) is 0 Å². The summed E-state index contributed by atoms with van der Waals surface area (Å²) >= 11 is 1.33. The third-order valence-corrected chi connectivity index (χ3v) is 8.08. The van der Waals surface area contributed by atoms with Crippen molar-refractivity contribution in [3.05, 3.63) is 113 Å². The summed E-state index contributed by atoms with van der Waals surface area (Å²) in [6.45, 7) is 1.84. The third kappa shape index (κ3) is 5.91. The number of hydrogen-bond donors (Lipinski definition) is 3. The standard InChI is InChI=1S/C20H18N2O4S.C7H8O3S/c21-15-18(24)22-16(14(23)11-27-19(15)22)20(25)26-17(12-7-3-1-4-8-12)13-9-5-2-6-10-13;1-6-2-4-7(5-3-6)11(8,9)10/h1-10,15,17,19,23H,11,21H2;2-5H,1H3,(H,8,9,10)/t15?,19-;/m0./s1. The molecular weight excluding hydrogens is 528 g/mol. The van der Waals surface area contributed by atoms with E-state index >= 15 is 0 Å². The molecular formula is C27H26N2O7S2. The lowest BCUT2D eigenvalue weighted by molar-refractivity contribution is -0.153. The van der Waals surface area contributed by atoms with Gasteiger partial charge in [0.2, 0.25) is 5.91 Å². The van der Waals surface area contributed by atoms with Crippen LogP contribution in [0.15, 0.2) is 101 Å². The van der Waals surface area contributed by atoms with Crippen molar-refractivity contribution in [2.24, 2.45) is 5.73 Å². The van der Waals surface area contributed by atoms with E-state index in [1.54, 1.807) is 12.1 Å². The summed E-state index contributed by atoms with van der Waals surface area (Å²) in [5.41, 5.74) is 8.24. The van der Waals surface area contributed by atoms with Gasteiger partial charge in [-0.2, -0.15) is 8.42 Å². The number of ether oxygens (including phenoxy) is 1. The zero-order valence-corrected chi connectivity index (χ0v) is 21.9. The van der Waals surface area contributed by atoms with Crippen LogP contribution in [0.1, 0.15) is 22.8 Å². The number of rotatable bonds is 5. The van der Waals surface area contributed by atoms with Gasteiger partial charge in [0, 0.05) is 0 Å². The molecule has 11 heteroatoms. The molecule has 1 unspecified atom stereocenters. The Bertz CT molecular complexity index is 1400. The van der Waals surface area contributed by atoms with E-state index in [2.05, 4.69) is 0 Å². The molecule has 198 valence electrons. The summed E-state index contributed by atoms with van der Waals surface area (Å²) in [6.07, 6.45) is -0.654. The van der Waals surface area contributed by atoms with Crippen LogP contribution in [0, 0.1) is 6.92 Å². The Kier molecular flexibility index (Phi) is 8.22. The maximum atomic E-state index is 12.9. The topological polar surface area (TPSA) is 147 Å². The molecule has 2 heterocycles. The molecule has 3 aromatic rings. The molecule has 0 aromatic heterocycles. The van der Waals surface area contributed by atoms with Crippen molar-refractivity contribution >= 4 is 33.8 Å². The minimum atomic E-state index is -4.02. The summed E-state index contributed by atoms with van der Waals surface area (Å²) in [7, 11) is -4.02. The maximum absolute atomic E-state index is 12.9. The molecule has 0 spiro atoms. The Morgan fingerprint density at radius 1 is 1.00 bits per heavy atom. The first-order valence-corrected chi connectivity index (χ1v) is 14.0. The number of fused-ring (bicyclic) bond motifs is 1. The first kappa shape index (κ1) is 27.4. The van der Waals surface area contributed by atoms with Crippen molar-refractivity contribution < 1.29 is 32.4 Å². The van der Waals surface area contributed by atoms with Gasteiger partial charge >= 0.3 is 5.97 Å². The van der Waals surface area contributed by atoms with Crippen LogP contribution in [0.4, 0.5) is 0 Å². The lowest BCUT2D eigenvalue weighted by Crippen LogP contribution is -2.68. The number of hydrogen-bond acceptors (Lipinski definition) is 8. The molecule has 1 fully saturated rings. The molecule has 5 rings (SSSR count). The number of amides is 1. The van der Waals surface area contributed by atoms with Crippen molar-refractivity contribution in [2.45, 2.75) is 29.3 Å². The number of esters is 1. The number of thioether (sulfide) groups is 1. The van der Waals surface area contributed by atoms with E-state index in [4.69, 9.17) is 15.0 Å². The summed E-state index contributed by atoms with van der Waals surface area (Å²) in [5.74, 6) is -1.08. The molecule has 0 aliphatic carbocycles. The number of nitrogens with zero attached hydrogens (tertiary/aromatic N) is 1. The van der Waals surface area contributed by atoms with Gasteiger partial charge in [-0.05, 0) is 30.2 Å². The summed E-state index contributed by atoms with van der Waals surface area (Å²) in [5, 5.41) is 9.90. The van der Waals surface area contributed by atoms with E-state index in [0.717, 1.165) is 16.7 Å². The van der Waals surface area contributed by atoms with E-state index in [-0.39, 0.29) is 33.4 Å². The van der Waals surface area contributed by atoms with Crippen molar-refractivity contribution in [3.63, 3.8) is 0 Å². The predicted octanol–water partition coefficient (Wildman–Crippen LogP) is 3.57. The largest absolute Gasteiger partial charge is 0.509 e. The number of carbonyl (C=O) groups is 2. The molecule has 38 heavy (non-hydrogen) atoms. The van der Waals surface area contributed by atoms with Gasteiger partial charge < -0.3 is 15.6 Å². The Morgan fingerprint density at radius 2 is 1.53 bits per heavy atom. The zero-order valence-electron chi connectivity index (χ0n) is 20.3. The van der Waals surface area contributed by atoms with Crippen molar-refractivity contribution in [1.29, 1.82) is 0 Å². The molecule has 0 radical (unpaired) electrons. The molecule has 2 aliphatic heterocycles. The van der Waals surface area contributed by atoms with Crippen LogP contribution < -0.4 is 5.73 Å². The highest BCUT2D eigenvalue weighted by Gasteiger charge is 2.52. The van der Waals surface area contributed by atoms with Gasteiger partial charge in [0.1, 0.15) is 17.2 Å². The SMILES string of the molecule is Cc1ccc(S(=O)(=O)O)cc1.NC1C(=O)N2C(C(=O)OC(c3ccccc3)c3ccccc3)=C(O)CS[C@@H]12. The smallest absolute Gasteiger partial charge is 0.359 e. The number of nitrogens with two attached hydrogens (primary N) is 1. The number of carbonyl (C=O) groups excluding carboxylic acids is 2. The average Bonchev–Trinajstić information content (AvgIpc) is 2.92. The Balaban J connectivity index is 0.000000257. The fourth-order valence-electron chi connectivity index (χ4n) is 3.95. The molecule has 2 aliphatic rings. The highest BCUT2D eigenvalue weighted by Crippen LogP contribution is 2.40. The van der Waals surface area contributed by atoms with Crippen LogP contribution in [-0.4, -0.2) is 52.0 Å². The van der Waals surface area contributed by atoms with Gasteiger partial charge in [-0.15, -0.1) is 11.8 Å². The quantitative estimate of drug-likeness (QED) is 0.245. The minimum Gasteiger partial charge on any atom is -0.509 e. The van der Waals surface area contributed by atoms with Gasteiger partial charge in [-0.3, -0.25) is 14.2 Å². The number of aliphatic hydroxyl groups excluding tert-OH is 1. The second-order valence-corrected chi connectivity index (χ2v) is 11.2. The molecule has 3 aromatic carbocycles. The zero-order chi connectivity index (χ0) is 27.4. The number of β-lactam (4-membered cyclic amide) rings is 1. The number of benzene rings is 3. The second kappa shape index (κ2) is 11.4. The maximum Gasteiger partial charge on any atom is 0.359 e. The van der Waals surface area contributed by atoms with E-state index in [1.807, 2.05) is 67.6 Å². The third-order valence-electron chi connectivity index (χ3n) is 5.93. The molecule has 1 saturated heterocycles. The Morgan fingerprint density at radius 3 is 2.03 bits per heavy atom. The van der Waals surface area contributed by atoms with Crippen molar-refractivity contribution in [1.82, 2.24) is 4.90 Å². The van der Waals surface area contributed by atoms with Crippen molar-refractivity contribution in [2.75, 3.05) is 5.75 Å². The monoisotopic (exact) mass is 554 g/mol. The average molecular weight is 555 g/mol. The van der Waals surface area contributed by atoms with Gasteiger partial charge in [0.15, 0.2) is 11.8 Å². The van der Waals surface area contributed by atoms with E-state index in [0.29, 0.717) is 0 Å². The molecule has 9 nitrogen and oxygen atoms in total. The van der Waals surface area contributed by atoms with E-state index < -0.39 is 28.2 Å². The summed E-state index contributed by atoms with van der Waals surface area (Å²) in [6, 6.07) is 24.0. The minimum absolute atomic E-state index is 0.0666. The van der Waals surface area contributed by atoms with Gasteiger partial charge in [-0.25, -0.2) is 4.79 Å². The molecule has 1 amide bonds. The first-order chi connectivity index (χ1) is 18.1. The summed E-state index contributed by atoms with van der Waals surface area (Å²) < 4.78 is 35.3. The normalized spacial score (nSPS) is 18.7. The first-order valence-electron chi connectivity index (χ1n) is 11.6. The highest BCUT2D eigenvalue weighted by atomic mass is 32.2. The number of aryl methyl sites for hydroxylation is 1. The van der Waals surface area contributed by atoms with E-state index in [9.17, 15) is 23.1 Å². The van der Waals surface area contributed by atoms with Crippen LogP contribution in [0.5, 0.6) is 0 Å². The fourth-order valence-corrected chi connectivity index (χ4v) is 5.57. The Labute approximate surface area is 224 Å². The van der Waals surface area contributed by atoms with Crippen LogP contribution in [0.2, 0.25) is 0 Å². The second-order valence-electron chi connectivity index (χ2n) is 8.63. The van der Waals surface area contributed by atoms with E-state index in [1.165, 1.54) is 28.8 Å². The number of aliphatic hydroxyl groups is 1. The summed E-state index contributed by atoms with van der Waals surface area (Å²) in [4.78, 5) is 26.2. The van der Waals surface area contributed by atoms with Crippen LogP contribution in [-0.2, 0) is 24.4 Å². The Hall–Kier alpha value is -3.64. The molecule has 0 saturated carbocycles. The molecule has 4 N–H and O–H groups in total. The van der Waals surface area contributed by atoms with Gasteiger partial charge in [0.05, 0.1) is 10.6 Å². The van der Waals surface area contributed by atoms with Gasteiger partial charge in [-0.1, -0.05) is 78.4 Å². The highest BCUT2D eigenvalue weighted by molar-refractivity contribution is 8.00. The molecule has 2 atom stereocenters.